The number of cyclic esters (lactones) is 1. The third-order valence-electron chi connectivity index (χ3n) is 2.52. The number of rotatable bonds is 3. The Kier molecular flexibility index (Phi) is 2.85. The summed E-state index contributed by atoms with van der Waals surface area (Å²) >= 11 is 0. The molecule has 1 amide bonds. The molecule has 16 heavy (non-hydrogen) atoms. The second-order valence-corrected chi connectivity index (χ2v) is 3.40. The SMILES string of the molecule is CNc1cc(N2CCOC2=O)ccc1OC. The van der Waals surface area contributed by atoms with Crippen LogP contribution in [0.1, 0.15) is 0 Å². The minimum atomic E-state index is -0.299. The van der Waals surface area contributed by atoms with Crippen LogP contribution in [0.15, 0.2) is 18.2 Å². The highest BCUT2D eigenvalue weighted by Gasteiger charge is 2.24. The van der Waals surface area contributed by atoms with Crippen LogP contribution in [0.2, 0.25) is 0 Å². The second kappa shape index (κ2) is 4.30. The highest BCUT2D eigenvalue weighted by atomic mass is 16.6. The average molecular weight is 222 g/mol. The first-order valence-corrected chi connectivity index (χ1v) is 5.06. The first kappa shape index (κ1) is 10.6. The van der Waals surface area contributed by atoms with Crippen molar-refractivity contribution in [1.29, 1.82) is 0 Å². The zero-order chi connectivity index (χ0) is 11.5. The van der Waals surface area contributed by atoms with Gasteiger partial charge in [0.05, 0.1) is 19.3 Å². The summed E-state index contributed by atoms with van der Waals surface area (Å²) in [4.78, 5) is 13.0. The molecule has 1 aliphatic rings. The van der Waals surface area contributed by atoms with Crippen molar-refractivity contribution in [2.75, 3.05) is 37.5 Å². The maximum Gasteiger partial charge on any atom is 0.414 e. The van der Waals surface area contributed by atoms with Crippen LogP contribution in [0.3, 0.4) is 0 Å². The number of nitrogens with one attached hydrogen (secondary N) is 1. The predicted octanol–water partition coefficient (Wildman–Crippen LogP) is 1.69. The number of carbonyl (C=O) groups is 1. The van der Waals surface area contributed by atoms with Gasteiger partial charge in [0.2, 0.25) is 0 Å². The van der Waals surface area contributed by atoms with Gasteiger partial charge >= 0.3 is 6.09 Å². The normalized spacial score (nSPS) is 14.9. The van der Waals surface area contributed by atoms with Gasteiger partial charge in [0.25, 0.3) is 0 Å². The van der Waals surface area contributed by atoms with Crippen LogP contribution in [0, 0.1) is 0 Å². The highest BCUT2D eigenvalue weighted by molar-refractivity contribution is 5.90. The number of benzene rings is 1. The molecule has 0 radical (unpaired) electrons. The van der Waals surface area contributed by atoms with Gasteiger partial charge in [0.15, 0.2) is 0 Å². The van der Waals surface area contributed by atoms with Crippen LogP contribution in [0.4, 0.5) is 16.2 Å². The van der Waals surface area contributed by atoms with Crippen LogP contribution in [-0.4, -0.2) is 33.4 Å². The molecule has 0 aliphatic carbocycles. The average Bonchev–Trinajstić information content (AvgIpc) is 2.74. The number of nitrogens with zero attached hydrogens (tertiary/aromatic N) is 1. The van der Waals surface area contributed by atoms with Crippen molar-refractivity contribution in [3.05, 3.63) is 18.2 Å². The Hall–Kier alpha value is -1.91. The smallest absolute Gasteiger partial charge is 0.414 e. The Balaban J connectivity index is 2.32. The Bertz CT molecular complexity index is 406. The van der Waals surface area contributed by atoms with E-state index in [-0.39, 0.29) is 6.09 Å². The number of methoxy groups -OCH3 is 1. The molecule has 0 spiro atoms. The second-order valence-electron chi connectivity index (χ2n) is 3.40. The molecule has 0 atom stereocenters. The molecule has 0 saturated carbocycles. The topological polar surface area (TPSA) is 50.8 Å². The van der Waals surface area contributed by atoms with Crippen molar-refractivity contribution < 1.29 is 14.3 Å². The van der Waals surface area contributed by atoms with Gasteiger partial charge in [-0.1, -0.05) is 0 Å². The van der Waals surface area contributed by atoms with Gasteiger partial charge < -0.3 is 14.8 Å². The Morgan fingerprint density at radius 2 is 2.31 bits per heavy atom. The van der Waals surface area contributed by atoms with E-state index in [1.54, 1.807) is 12.0 Å². The van der Waals surface area contributed by atoms with Crippen molar-refractivity contribution in [3.8, 4) is 5.75 Å². The van der Waals surface area contributed by atoms with Gasteiger partial charge in [-0.3, -0.25) is 4.90 Å². The first-order valence-electron chi connectivity index (χ1n) is 5.06. The zero-order valence-electron chi connectivity index (χ0n) is 9.32. The molecule has 0 unspecified atom stereocenters. The quantitative estimate of drug-likeness (QED) is 0.845. The van der Waals surface area contributed by atoms with Crippen LogP contribution in [0.25, 0.3) is 0 Å². The zero-order valence-corrected chi connectivity index (χ0v) is 9.32. The van der Waals surface area contributed by atoms with Crippen molar-refractivity contribution in [2.24, 2.45) is 0 Å². The van der Waals surface area contributed by atoms with Crippen LogP contribution >= 0.6 is 0 Å². The highest BCUT2D eigenvalue weighted by Crippen LogP contribution is 2.30. The number of hydrogen-bond donors (Lipinski definition) is 1. The summed E-state index contributed by atoms with van der Waals surface area (Å²) in [6, 6.07) is 5.53. The number of carbonyl (C=O) groups excluding carboxylic acids is 1. The van der Waals surface area contributed by atoms with Gasteiger partial charge in [0, 0.05) is 12.7 Å². The van der Waals surface area contributed by atoms with E-state index in [1.807, 2.05) is 25.2 Å². The molecule has 0 aromatic heterocycles. The van der Waals surface area contributed by atoms with Crippen LogP contribution < -0.4 is 15.0 Å². The fraction of sp³-hybridized carbons (Fsp3) is 0.364. The van der Waals surface area contributed by atoms with E-state index in [9.17, 15) is 4.79 Å². The number of ether oxygens (including phenoxy) is 2. The summed E-state index contributed by atoms with van der Waals surface area (Å²) in [6.07, 6.45) is -0.299. The van der Waals surface area contributed by atoms with Crippen LogP contribution in [0.5, 0.6) is 5.75 Å². The van der Waals surface area contributed by atoms with E-state index in [2.05, 4.69) is 5.32 Å². The summed E-state index contributed by atoms with van der Waals surface area (Å²) in [6.45, 7) is 1.04. The maximum absolute atomic E-state index is 11.4. The lowest BCUT2D eigenvalue weighted by atomic mass is 10.2. The van der Waals surface area contributed by atoms with E-state index in [4.69, 9.17) is 9.47 Å². The molecular weight excluding hydrogens is 208 g/mol. The number of hydrogen-bond acceptors (Lipinski definition) is 4. The monoisotopic (exact) mass is 222 g/mol. The molecular formula is C11H14N2O3. The standard InChI is InChI=1S/C11H14N2O3/c1-12-9-7-8(3-4-10(9)15-2)13-5-6-16-11(13)14/h3-4,7,12H,5-6H2,1-2H3. The lowest BCUT2D eigenvalue weighted by Gasteiger charge is -2.15. The van der Waals surface area contributed by atoms with Gasteiger partial charge in [-0.05, 0) is 18.2 Å². The molecule has 5 nitrogen and oxygen atoms in total. The van der Waals surface area contributed by atoms with E-state index in [1.165, 1.54) is 0 Å². The summed E-state index contributed by atoms with van der Waals surface area (Å²) < 4.78 is 10.1. The van der Waals surface area contributed by atoms with E-state index >= 15 is 0 Å². The molecule has 1 aromatic carbocycles. The third kappa shape index (κ3) is 1.76. The van der Waals surface area contributed by atoms with Gasteiger partial charge in [-0.2, -0.15) is 0 Å². The third-order valence-corrected chi connectivity index (χ3v) is 2.52. The molecule has 1 aromatic rings. The lowest BCUT2D eigenvalue weighted by molar-refractivity contribution is 0.181. The van der Waals surface area contributed by atoms with Crippen molar-refractivity contribution in [1.82, 2.24) is 0 Å². The Labute approximate surface area is 93.9 Å². The fourth-order valence-corrected chi connectivity index (χ4v) is 1.69. The van der Waals surface area contributed by atoms with Crippen molar-refractivity contribution in [3.63, 3.8) is 0 Å². The molecule has 0 bridgehead atoms. The summed E-state index contributed by atoms with van der Waals surface area (Å²) in [5, 5.41) is 3.02. The molecule has 1 heterocycles. The van der Waals surface area contributed by atoms with Gasteiger partial charge in [0.1, 0.15) is 12.4 Å². The predicted molar refractivity (Wildman–Crippen MR) is 61.2 cm³/mol. The minimum absolute atomic E-state index is 0.299. The summed E-state index contributed by atoms with van der Waals surface area (Å²) in [7, 11) is 3.42. The summed E-state index contributed by atoms with van der Waals surface area (Å²) in [5.74, 6) is 0.749. The Morgan fingerprint density at radius 1 is 1.50 bits per heavy atom. The van der Waals surface area contributed by atoms with E-state index in [0.717, 1.165) is 17.1 Å². The fourth-order valence-electron chi connectivity index (χ4n) is 1.69. The number of amides is 1. The molecule has 1 fully saturated rings. The van der Waals surface area contributed by atoms with Crippen molar-refractivity contribution in [2.45, 2.75) is 0 Å². The largest absolute Gasteiger partial charge is 0.495 e. The van der Waals surface area contributed by atoms with E-state index in [0.29, 0.717) is 13.2 Å². The molecule has 1 N–H and O–H groups in total. The minimum Gasteiger partial charge on any atom is -0.495 e. The molecule has 1 aliphatic heterocycles. The van der Waals surface area contributed by atoms with E-state index < -0.39 is 0 Å². The summed E-state index contributed by atoms with van der Waals surface area (Å²) in [5.41, 5.74) is 1.66. The molecule has 5 heteroatoms. The lowest BCUT2D eigenvalue weighted by Crippen LogP contribution is -2.23. The van der Waals surface area contributed by atoms with Gasteiger partial charge in [-0.25, -0.2) is 4.79 Å². The van der Waals surface area contributed by atoms with Crippen LogP contribution in [-0.2, 0) is 4.74 Å². The molecule has 86 valence electrons. The number of anilines is 2. The first-order chi connectivity index (χ1) is 7.76. The van der Waals surface area contributed by atoms with Crippen molar-refractivity contribution >= 4 is 17.5 Å². The van der Waals surface area contributed by atoms with Gasteiger partial charge in [-0.15, -0.1) is 0 Å². The molecule has 1 saturated heterocycles. The Morgan fingerprint density at radius 3 is 2.88 bits per heavy atom. The molecule has 2 rings (SSSR count). The maximum atomic E-state index is 11.4.